The number of rotatable bonds is 2. The van der Waals surface area contributed by atoms with Crippen LogP contribution < -0.4 is 0 Å². The highest BCUT2D eigenvalue weighted by Gasteiger charge is 2.79. The average Bonchev–Trinajstić information content (AvgIpc) is 2.91. The predicted molar refractivity (Wildman–Crippen MR) is 104 cm³/mol. The van der Waals surface area contributed by atoms with E-state index >= 15 is 0 Å². The van der Waals surface area contributed by atoms with Gasteiger partial charge in [0.2, 0.25) is 17.1 Å². The molecule has 8 heteroatoms. The first-order valence-corrected chi connectivity index (χ1v) is 9.56. The Morgan fingerprint density at radius 1 is 1.10 bits per heavy atom. The van der Waals surface area contributed by atoms with Crippen molar-refractivity contribution in [1.82, 2.24) is 4.98 Å². The van der Waals surface area contributed by atoms with Crippen LogP contribution in [0.1, 0.15) is 24.2 Å². The maximum absolute atomic E-state index is 10.2. The predicted octanol–water partition coefficient (Wildman–Crippen LogP) is 3.96. The molecule has 29 heavy (non-hydrogen) atoms. The van der Waals surface area contributed by atoms with Crippen LogP contribution in [0.25, 0.3) is 0 Å². The number of nitrogens with zero attached hydrogens (tertiary/aromatic N) is 4. The van der Waals surface area contributed by atoms with E-state index in [2.05, 4.69) is 27.0 Å². The van der Waals surface area contributed by atoms with Crippen molar-refractivity contribution in [3.63, 3.8) is 0 Å². The second-order valence-electron chi connectivity index (χ2n) is 7.06. The van der Waals surface area contributed by atoms with E-state index in [1.54, 1.807) is 49.5 Å². The van der Waals surface area contributed by atoms with Gasteiger partial charge >= 0.3 is 0 Å². The fourth-order valence-corrected chi connectivity index (χ4v) is 4.65. The van der Waals surface area contributed by atoms with Gasteiger partial charge in [-0.3, -0.25) is 10.4 Å². The van der Waals surface area contributed by atoms with E-state index in [-0.39, 0.29) is 0 Å². The number of pyridine rings is 1. The maximum atomic E-state index is 10.2. The van der Waals surface area contributed by atoms with Crippen molar-refractivity contribution in [3.05, 3.63) is 64.4 Å². The summed E-state index contributed by atoms with van der Waals surface area (Å²) in [7, 11) is 0. The highest BCUT2D eigenvalue weighted by Crippen LogP contribution is 2.68. The number of fused-ring (bicyclic) bond motifs is 2. The van der Waals surface area contributed by atoms with Crippen molar-refractivity contribution in [3.8, 4) is 18.2 Å². The van der Waals surface area contributed by atoms with Gasteiger partial charge in [0.1, 0.15) is 6.10 Å². The molecular weight excluding hydrogens is 434 g/mol. The molecule has 2 saturated heterocycles. The van der Waals surface area contributed by atoms with E-state index in [0.717, 1.165) is 4.47 Å². The lowest BCUT2D eigenvalue weighted by molar-refractivity contribution is -0.288. The Hall–Kier alpha value is -3.25. The molecule has 4 atom stereocenters. The van der Waals surface area contributed by atoms with E-state index in [1.165, 1.54) is 6.20 Å². The average molecular weight is 448 g/mol. The molecule has 142 valence electrons. The summed E-state index contributed by atoms with van der Waals surface area (Å²) < 4.78 is 13.1. The number of halogens is 1. The number of ether oxygens (including phenoxy) is 2. The molecule has 0 amide bonds. The number of nitriles is 3. The highest BCUT2D eigenvalue weighted by atomic mass is 79.9. The van der Waals surface area contributed by atoms with Gasteiger partial charge in [-0.05, 0) is 18.2 Å². The minimum Gasteiger partial charge on any atom is -0.443 e. The topological polar surface area (TPSA) is 127 Å². The summed E-state index contributed by atoms with van der Waals surface area (Å²) in [6.07, 6.45) is 1.91. The quantitative estimate of drug-likeness (QED) is 0.741. The molecule has 4 rings (SSSR count). The fraction of sp³-hybridized carbons (Fsp3) is 0.286. The molecule has 7 nitrogen and oxygen atoms in total. The van der Waals surface area contributed by atoms with Crippen molar-refractivity contribution in [2.75, 3.05) is 0 Å². The third-order valence-corrected chi connectivity index (χ3v) is 6.43. The van der Waals surface area contributed by atoms with Crippen molar-refractivity contribution in [1.29, 1.82) is 21.2 Å². The first-order chi connectivity index (χ1) is 13.9. The van der Waals surface area contributed by atoms with Gasteiger partial charge in [0.25, 0.3) is 0 Å². The zero-order valence-corrected chi connectivity index (χ0v) is 16.8. The molecule has 1 aromatic carbocycles. The summed E-state index contributed by atoms with van der Waals surface area (Å²) in [5.41, 5.74) is -2.76. The van der Waals surface area contributed by atoms with E-state index in [1.807, 2.05) is 12.1 Å². The molecule has 1 N–H and O–H groups in total. The van der Waals surface area contributed by atoms with E-state index in [0.29, 0.717) is 11.1 Å². The molecule has 2 fully saturated rings. The van der Waals surface area contributed by atoms with Crippen LogP contribution in [0.5, 0.6) is 0 Å². The van der Waals surface area contributed by atoms with Crippen LogP contribution in [-0.4, -0.2) is 10.9 Å². The van der Waals surface area contributed by atoms with Crippen LogP contribution in [0.2, 0.25) is 0 Å². The molecule has 0 spiro atoms. The minimum atomic E-state index is -1.99. The zero-order valence-electron chi connectivity index (χ0n) is 15.3. The standard InChI is InChI=1S/C21H14BrN5O2/c1-13-20(12-25)18(26)29-21(13,15-4-6-16(22)7-5-15)28-17(19(20,10-23)11-24)14-3-2-8-27-9-14/h2-9,13,17,26H,1H3. The molecule has 3 heterocycles. The molecule has 2 aliphatic heterocycles. The Morgan fingerprint density at radius 3 is 2.34 bits per heavy atom. The summed E-state index contributed by atoms with van der Waals surface area (Å²) in [6.45, 7) is 1.68. The normalized spacial score (nSPS) is 31.8. The van der Waals surface area contributed by atoms with Gasteiger partial charge in [0, 0.05) is 28.0 Å². The smallest absolute Gasteiger partial charge is 0.244 e. The Bertz CT molecular complexity index is 1100. The fourth-order valence-electron chi connectivity index (χ4n) is 4.38. The van der Waals surface area contributed by atoms with E-state index < -0.39 is 34.5 Å². The largest absolute Gasteiger partial charge is 0.443 e. The van der Waals surface area contributed by atoms with Gasteiger partial charge in [-0.1, -0.05) is 41.1 Å². The van der Waals surface area contributed by atoms with Gasteiger partial charge < -0.3 is 9.47 Å². The summed E-state index contributed by atoms with van der Waals surface area (Å²) in [6, 6.07) is 16.6. The molecule has 1 aromatic heterocycles. The minimum absolute atomic E-state index is 0.440. The van der Waals surface area contributed by atoms with E-state index in [9.17, 15) is 15.8 Å². The third-order valence-electron chi connectivity index (χ3n) is 5.90. The lowest BCUT2D eigenvalue weighted by atomic mass is 9.53. The lowest BCUT2D eigenvalue weighted by Gasteiger charge is -2.48. The number of hydrogen-bond donors (Lipinski definition) is 1. The van der Waals surface area contributed by atoms with Crippen LogP contribution in [-0.2, 0) is 15.3 Å². The summed E-state index contributed by atoms with van der Waals surface area (Å²) in [4.78, 5) is 4.08. The number of hydrogen-bond acceptors (Lipinski definition) is 7. The lowest BCUT2D eigenvalue weighted by Crippen LogP contribution is -2.57. The summed E-state index contributed by atoms with van der Waals surface area (Å²) in [5, 5.41) is 39.0. The molecule has 0 saturated carbocycles. The van der Waals surface area contributed by atoms with Crippen LogP contribution >= 0.6 is 15.9 Å². The van der Waals surface area contributed by atoms with Crippen molar-refractivity contribution in [2.24, 2.45) is 16.7 Å². The SMILES string of the molecule is CC1C2(c3ccc(Br)cc3)OC(=N)C1(C#N)C(C#N)(C#N)C(c1cccnc1)O2. The van der Waals surface area contributed by atoms with Gasteiger partial charge in [-0.2, -0.15) is 15.8 Å². The number of nitrogens with one attached hydrogen (secondary N) is 1. The van der Waals surface area contributed by atoms with Crippen LogP contribution in [0.4, 0.5) is 0 Å². The molecular formula is C21H14BrN5O2. The van der Waals surface area contributed by atoms with Crippen molar-refractivity contribution >= 4 is 21.8 Å². The molecule has 2 aromatic rings. The number of aromatic nitrogens is 1. The van der Waals surface area contributed by atoms with Crippen LogP contribution in [0.15, 0.2) is 53.3 Å². The molecule has 0 aliphatic carbocycles. The number of benzene rings is 1. The van der Waals surface area contributed by atoms with Gasteiger partial charge in [-0.15, -0.1) is 0 Å². The Labute approximate surface area is 175 Å². The summed E-state index contributed by atoms with van der Waals surface area (Å²) in [5.74, 6) is -2.73. The second-order valence-corrected chi connectivity index (χ2v) is 7.98. The monoisotopic (exact) mass is 447 g/mol. The van der Waals surface area contributed by atoms with Crippen molar-refractivity contribution < 1.29 is 9.47 Å². The Kier molecular flexibility index (Phi) is 4.20. The third kappa shape index (κ3) is 2.17. The molecule has 2 aliphatic rings. The second kappa shape index (κ2) is 6.39. The van der Waals surface area contributed by atoms with Crippen LogP contribution in [0.3, 0.4) is 0 Å². The van der Waals surface area contributed by atoms with Gasteiger partial charge in [-0.25, -0.2) is 0 Å². The summed E-state index contributed by atoms with van der Waals surface area (Å²) >= 11 is 3.39. The van der Waals surface area contributed by atoms with Crippen molar-refractivity contribution in [2.45, 2.75) is 18.8 Å². The molecule has 4 unspecified atom stereocenters. The van der Waals surface area contributed by atoms with Gasteiger partial charge in [0.05, 0.1) is 24.1 Å². The molecule has 0 radical (unpaired) electrons. The first kappa shape index (κ1) is 19.1. The zero-order chi connectivity index (χ0) is 20.9. The molecule has 2 bridgehead atoms. The first-order valence-electron chi connectivity index (χ1n) is 8.77. The van der Waals surface area contributed by atoms with Crippen LogP contribution in [0, 0.1) is 56.2 Å². The Balaban J connectivity index is 2.04. The highest BCUT2D eigenvalue weighted by molar-refractivity contribution is 9.10. The van der Waals surface area contributed by atoms with Gasteiger partial charge in [0.15, 0.2) is 5.41 Å². The van der Waals surface area contributed by atoms with E-state index in [4.69, 9.17) is 14.9 Å². The maximum Gasteiger partial charge on any atom is 0.244 e. The Morgan fingerprint density at radius 2 is 1.79 bits per heavy atom.